The molecule has 23 heavy (non-hydrogen) atoms. The van der Waals surface area contributed by atoms with Gasteiger partial charge in [-0.15, -0.1) is 0 Å². The van der Waals surface area contributed by atoms with E-state index in [1.54, 1.807) is 43.6 Å². The molecule has 0 aliphatic carbocycles. The van der Waals surface area contributed by atoms with Crippen LogP contribution in [-0.2, 0) is 0 Å². The van der Waals surface area contributed by atoms with E-state index in [0.29, 0.717) is 17.1 Å². The van der Waals surface area contributed by atoms with Crippen LogP contribution in [0.5, 0.6) is 5.75 Å². The van der Waals surface area contributed by atoms with Gasteiger partial charge >= 0.3 is 0 Å². The van der Waals surface area contributed by atoms with Gasteiger partial charge in [-0.3, -0.25) is 4.79 Å². The highest BCUT2D eigenvalue weighted by molar-refractivity contribution is 6.04. The van der Waals surface area contributed by atoms with Crippen molar-refractivity contribution in [3.05, 3.63) is 78.5 Å². The van der Waals surface area contributed by atoms with Crippen LogP contribution in [0, 0.1) is 0 Å². The summed E-state index contributed by atoms with van der Waals surface area (Å²) in [6.45, 7) is 0. The van der Waals surface area contributed by atoms with Gasteiger partial charge in [0.2, 0.25) is 0 Å². The smallest absolute Gasteiger partial charge is 0.256 e. The van der Waals surface area contributed by atoms with Crippen LogP contribution in [0.25, 0.3) is 11.1 Å². The van der Waals surface area contributed by atoms with Crippen LogP contribution >= 0.6 is 0 Å². The van der Waals surface area contributed by atoms with E-state index < -0.39 is 0 Å². The molecule has 0 radical (unpaired) electrons. The number of anilines is 1. The quantitative estimate of drug-likeness (QED) is 0.792. The molecule has 0 unspecified atom stereocenters. The summed E-state index contributed by atoms with van der Waals surface area (Å²) in [4.78, 5) is 16.5. The van der Waals surface area contributed by atoms with Crippen molar-refractivity contribution >= 4 is 11.7 Å². The summed E-state index contributed by atoms with van der Waals surface area (Å²) >= 11 is 0. The Hall–Kier alpha value is -3.14. The number of rotatable bonds is 4. The summed E-state index contributed by atoms with van der Waals surface area (Å²) in [5.74, 6) is 0.936. The van der Waals surface area contributed by atoms with E-state index >= 15 is 0 Å². The fourth-order valence-corrected chi connectivity index (χ4v) is 2.22. The molecular weight excluding hydrogens is 288 g/mol. The lowest BCUT2D eigenvalue weighted by molar-refractivity contribution is 0.102. The Labute approximate surface area is 134 Å². The first-order valence-corrected chi connectivity index (χ1v) is 7.23. The number of methoxy groups -OCH3 is 1. The second-order valence-electron chi connectivity index (χ2n) is 4.98. The van der Waals surface area contributed by atoms with Crippen LogP contribution in [0.1, 0.15) is 10.4 Å². The van der Waals surface area contributed by atoms with E-state index in [1.165, 1.54) is 0 Å². The van der Waals surface area contributed by atoms with Crippen LogP contribution in [0.15, 0.2) is 72.9 Å². The highest BCUT2D eigenvalue weighted by Crippen LogP contribution is 2.19. The predicted molar refractivity (Wildman–Crippen MR) is 90.6 cm³/mol. The lowest BCUT2D eigenvalue weighted by Gasteiger charge is -2.07. The average molecular weight is 304 g/mol. The third kappa shape index (κ3) is 3.55. The number of carbonyl (C=O) groups is 1. The molecular formula is C19H16N2O2. The van der Waals surface area contributed by atoms with Gasteiger partial charge in [0.1, 0.15) is 11.6 Å². The summed E-state index contributed by atoms with van der Waals surface area (Å²) in [5.41, 5.74) is 2.62. The molecule has 0 saturated carbocycles. The first-order chi connectivity index (χ1) is 11.3. The number of pyridine rings is 1. The molecule has 2 aromatic carbocycles. The fourth-order valence-electron chi connectivity index (χ4n) is 2.22. The molecule has 4 heteroatoms. The number of aromatic nitrogens is 1. The van der Waals surface area contributed by atoms with Crippen molar-refractivity contribution in [2.45, 2.75) is 0 Å². The Morgan fingerprint density at radius 2 is 1.78 bits per heavy atom. The van der Waals surface area contributed by atoms with Gasteiger partial charge in [-0.2, -0.15) is 0 Å². The van der Waals surface area contributed by atoms with Gasteiger partial charge in [-0.1, -0.05) is 36.4 Å². The van der Waals surface area contributed by atoms with E-state index in [-0.39, 0.29) is 5.91 Å². The van der Waals surface area contributed by atoms with Gasteiger partial charge in [0.05, 0.1) is 7.11 Å². The summed E-state index contributed by atoms with van der Waals surface area (Å²) in [6.07, 6.45) is 1.75. The first kappa shape index (κ1) is 14.8. The Balaban J connectivity index is 1.74. The summed E-state index contributed by atoms with van der Waals surface area (Å²) in [6, 6.07) is 20.7. The molecule has 4 nitrogen and oxygen atoms in total. The second-order valence-corrected chi connectivity index (χ2v) is 4.98. The third-order valence-electron chi connectivity index (χ3n) is 3.44. The second kappa shape index (κ2) is 6.75. The van der Waals surface area contributed by atoms with Crippen LogP contribution in [0.3, 0.4) is 0 Å². The predicted octanol–water partition coefficient (Wildman–Crippen LogP) is 4.01. The van der Waals surface area contributed by atoms with E-state index in [2.05, 4.69) is 10.3 Å². The Morgan fingerprint density at radius 1 is 0.957 bits per heavy atom. The number of hydrogen-bond donors (Lipinski definition) is 1. The molecule has 3 rings (SSSR count). The molecule has 0 aliphatic rings. The molecule has 0 atom stereocenters. The SMILES string of the molecule is COc1cccc(C(=O)Nc2ccc(-c3ccccc3)cn2)c1. The highest BCUT2D eigenvalue weighted by atomic mass is 16.5. The highest BCUT2D eigenvalue weighted by Gasteiger charge is 2.08. The summed E-state index contributed by atoms with van der Waals surface area (Å²) in [7, 11) is 1.57. The maximum Gasteiger partial charge on any atom is 0.256 e. The minimum Gasteiger partial charge on any atom is -0.497 e. The molecule has 0 spiro atoms. The zero-order valence-corrected chi connectivity index (χ0v) is 12.7. The Morgan fingerprint density at radius 3 is 2.48 bits per heavy atom. The molecule has 1 amide bonds. The number of hydrogen-bond acceptors (Lipinski definition) is 3. The van der Waals surface area contributed by atoms with Crippen LogP contribution in [0.2, 0.25) is 0 Å². The number of benzene rings is 2. The number of amides is 1. The lowest BCUT2D eigenvalue weighted by atomic mass is 10.1. The van der Waals surface area contributed by atoms with Gasteiger partial charge in [0.15, 0.2) is 0 Å². The minimum absolute atomic E-state index is 0.219. The van der Waals surface area contributed by atoms with Gasteiger partial charge in [0, 0.05) is 17.3 Å². The Kier molecular flexibility index (Phi) is 4.34. The van der Waals surface area contributed by atoms with Crippen LogP contribution in [-0.4, -0.2) is 18.0 Å². The molecule has 0 saturated heterocycles. The summed E-state index contributed by atoms with van der Waals surface area (Å²) < 4.78 is 5.12. The lowest BCUT2D eigenvalue weighted by Crippen LogP contribution is -2.12. The van der Waals surface area contributed by atoms with Gasteiger partial charge < -0.3 is 10.1 Å². The molecule has 1 N–H and O–H groups in total. The van der Waals surface area contributed by atoms with E-state index in [0.717, 1.165) is 11.1 Å². The van der Waals surface area contributed by atoms with Crippen molar-refractivity contribution in [2.24, 2.45) is 0 Å². The third-order valence-corrected chi connectivity index (χ3v) is 3.44. The maximum atomic E-state index is 12.2. The number of carbonyl (C=O) groups excluding carboxylic acids is 1. The van der Waals surface area contributed by atoms with Crippen molar-refractivity contribution in [3.63, 3.8) is 0 Å². The van der Waals surface area contributed by atoms with Crippen LogP contribution in [0.4, 0.5) is 5.82 Å². The maximum absolute atomic E-state index is 12.2. The molecule has 1 aromatic heterocycles. The molecule has 114 valence electrons. The van der Waals surface area contributed by atoms with E-state index in [1.807, 2.05) is 36.4 Å². The van der Waals surface area contributed by atoms with Crippen molar-refractivity contribution in [1.82, 2.24) is 4.98 Å². The topological polar surface area (TPSA) is 51.2 Å². The fraction of sp³-hybridized carbons (Fsp3) is 0.0526. The van der Waals surface area contributed by atoms with Gasteiger partial charge in [-0.25, -0.2) is 4.98 Å². The molecule has 3 aromatic rings. The average Bonchev–Trinajstić information content (AvgIpc) is 2.63. The molecule has 1 heterocycles. The zero-order chi connectivity index (χ0) is 16.1. The number of ether oxygens (including phenoxy) is 1. The largest absolute Gasteiger partial charge is 0.497 e. The number of nitrogens with one attached hydrogen (secondary N) is 1. The normalized spacial score (nSPS) is 10.1. The van der Waals surface area contributed by atoms with Crippen molar-refractivity contribution in [2.75, 3.05) is 12.4 Å². The molecule has 0 bridgehead atoms. The van der Waals surface area contributed by atoms with Gasteiger partial charge in [0.25, 0.3) is 5.91 Å². The monoisotopic (exact) mass is 304 g/mol. The van der Waals surface area contributed by atoms with Crippen molar-refractivity contribution in [1.29, 1.82) is 0 Å². The van der Waals surface area contributed by atoms with Crippen LogP contribution < -0.4 is 10.1 Å². The van der Waals surface area contributed by atoms with Crippen molar-refractivity contribution in [3.8, 4) is 16.9 Å². The summed E-state index contributed by atoms with van der Waals surface area (Å²) in [5, 5.41) is 2.78. The van der Waals surface area contributed by atoms with E-state index in [9.17, 15) is 4.79 Å². The Bertz CT molecular complexity index is 799. The minimum atomic E-state index is -0.219. The molecule has 0 fully saturated rings. The zero-order valence-electron chi connectivity index (χ0n) is 12.7. The molecule has 0 aliphatic heterocycles. The standard InChI is InChI=1S/C19H16N2O2/c1-23-17-9-5-8-15(12-17)19(22)21-18-11-10-16(13-20-18)14-6-3-2-4-7-14/h2-13H,1H3,(H,20,21,22). The van der Waals surface area contributed by atoms with Crippen molar-refractivity contribution < 1.29 is 9.53 Å². The number of nitrogens with zero attached hydrogens (tertiary/aromatic N) is 1. The van der Waals surface area contributed by atoms with Gasteiger partial charge in [-0.05, 0) is 35.9 Å². The van der Waals surface area contributed by atoms with E-state index in [4.69, 9.17) is 4.74 Å². The first-order valence-electron chi connectivity index (χ1n) is 7.23.